The number of piperidine rings is 1. The molecule has 2 amide bonds. The van der Waals surface area contributed by atoms with E-state index in [4.69, 9.17) is 4.74 Å². The fraction of sp³-hybridized carbons (Fsp3) is 0.417. The lowest BCUT2D eigenvalue weighted by Crippen LogP contribution is -2.45. The number of anilines is 1. The maximum absolute atomic E-state index is 13.2. The van der Waals surface area contributed by atoms with Crippen molar-refractivity contribution in [3.8, 4) is 5.75 Å². The third-order valence-corrected chi connectivity index (χ3v) is 8.03. The highest BCUT2D eigenvalue weighted by Crippen LogP contribution is 2.28. The molecule has 1 atom stereocenters. The van der Waals surface area contributed by atoms with Crippen molar-refractivity contribution >= 4 is 27.5 Å². The van der Waals surface area contributed by atoms with Crippen LogP contribution >= 0.6 is 0 Å². The maximum atomic E-state index is 13.2. The Balaban J connectivity index is 1.59. The van der Waals surface area contributed by atoms with Gasteiger partial charge in [-0.05, 0) is 74.6 Å². The summed E-state index contributed by atoms with van der Waals surface area (Å²) in [5.41, 5.74) is 2.52. The van der Waals surface area contributed by atoms with Gasteiger partial charge in [0.25, 0.3) is 0 Å². The molecule has 2 aromatic rings. The molecule has 0 saturated carbocycles. The number of carbonyl (C=O) groups is 2. The smallest absolute Gasteiger partial charge is 0.313 e. The van der Waals surface area contributed by atoms with Crippen molar-refractivity contribution in [3.05, 3.63) is 53.6 Å². The van der Waals surface area contributed by atoms with Crippen LogP contribution in [0.3, 0.4) is 0 Å². The number of nitrogens with one attached hydrogen (secondary N) is 2. The topological polar surface area (TPSA) is 105 Å². The first kappa shape index (κ1) is 24.7. The summed E-state index contributed by atoms with van der Waals surface area (Å²) in [6.07, 6.45) is 2.84. The Hall–Kier alpha value is -2.91. The van der Waals surface area contributed by atoms with Crippen LogP contribution in [0, 0.1) is 13.8 Å². The SMILES string of the molecule is COc1ccc(S(=O)(=O)N2CCCC[C@H]2CCNC(=O)C(=O)Nc2cccc(C)c2C)cc1. The van der Waals surface area contributed by atoms with Crippen LogP contribution in [0.2, 0.25) is 0 Å². The Labute approximate surface area is 195 Å². The fourth-order valence-corrected chi connectivity index (χ4v) is 5.68. The molecule has 9 heteroatoms. The normalized spacial score (nSPS) is 16.8. The second-order valence-corrected chi connectivity index (χ2v) is 10.1. The van der Waals surface area contributed by atoms with Gasteiger partial charge in [-0.2, -0.15) is 4.31 Å². The number of nitrogens with zero attached hydrogens (tertiary/aromatic N) is 1. The van der Waals surface area contributed by atoms with Gasteiger partial charge in [0, 0.05) is 24.8 Å². The lowest BCUT2D eigenvalue weighted by Gasteiger charge is -2.34. The number of carbonyl (C=O) groups excluding carboxylic acids is 2. The summed E-state index contributed by atoms with van der Waals surface area (Å²) in [6.45, 7) is 4.45. The second kappa shape index (κ2) is 10.8. The van der Waals surface area contributed by atoms with E-state index >= 15 is 0 Å². The minimum absolute atomic E-state index is 0.207. The Kier molecular flexibility index (Phi) is 8.10. The quantitative estimate of drug-likeness (QED) is 0.602. The van der Waals surface area contributed by atoms with Crippen LogP contribution in [0.5, 0.6) is 5.75 Å². The molecule has 0 bridgehead atoms. The molecular formula is C24H31N3O5S. The minimum atomic E-state index is -3.67. The average molecular weight is 474 g/mol. The second-order valence-electron chi connectivity index (χ2n) is 8.19. The predicted molar refractivity (Wildman–Crippen MR) is 127 cm³/mol. The molecule has 33 heavy (non-hydrogen) atoms. The monoisotopic (exact) mass is 473 g/mol. The highest BCUT2D eigenvalue weighted by atomic mass is 32.2. The highest BCUT2D eigenvalue weighted by molar-refractivity contribution is 7.89. The van der Waals surface area contributed by atoms with Crippen LogP contribution in [0.4, 0.5) is 5.69 Å². The van der Waals surface area contributed by atoms with Crippen molar-refractivity contribution in [3.63, 3.8) is 0 Å². The van der Waals surface area contributed by atoms with Crippen molar-refractivity contribution in [1.82, 2.24) is 9.62 Å². The summed E-state index contributed by atoms with van der Waals surface area (Å²) in [5.74, 6) is -0.891. The first-order valence-corrected chi connectivity index (χ1v) is 12.5. The van der Waals surface area contributed by atoms with Gasteiger partial charge in [-0.25, -0.2) is 8.42 Å². The molecule has 3 rings (SSSR count). The van der Waals surface area contributed by atoms with Gasteiger partial charge in [0.2, 0.25) is 10.0 Å². The fourth-order valence-electron chi connectivity index (χ4n) is 3.96. The van der Waals surface area contributed by atoms with Crippen molar-refractivity contribution < 1.29 is 22.7 Å². The number of hydrogen-bond acceptors (Lipinski definition) is 5. The molecule has 1 heterocycles. The minimum Gasteiger partial charge on any atom is -0.497 e. The molecule has 1 fully saturated rings. The number of benzene rings is 2. The van der Waals surface area contributed by atoms with E-state index in [-0.39, 0.29) is 17.5 Å². The molecule has 0 aliphatic carbocycles. The Morgan fingerprint density at radius 2 is 1.79 bits per heavy atom. The van der Waals surface area contributed by atoms with E-state index in [2.05, 4.69) is 10.6 Å². The molecule has 2 aromatic carbocycles. The Morgan fingerprint density at radius 1 is 1.06 bits per heavy atom. The van der Waals surface area contributed by atoms with E-state index in [0.717, 1.165) is 24.0 Å². The van der Waals surface area contributed by atoms with Crippen LogP contribution in [0.15, 0.2) is 47.4 Å². The summed E-state index contributed by atoms with van der Waals surface area (Å²) < 4.78 is 33.0. The van der Waals surface area contributed by atoms with E-state index < -0.39 is 21.8 Å². The number of rotatable bonds is 7. The van der Waals surface area contributed by atoms with E-state index in [1.807, 2.05) is 26.0 Å². The van der Waals surface area contributed by atoms with E-state index in [0.29, 0.717) is 30.8 Å². The number of amides is 2. The summed E-state index contributed by atoms with van der Waals surface area (Å²) in [6, 6.07) is 11.6. The van der Waals surface area contributed by atoms with Crippen LogP contribution < -0.4 is 15.4 Å². The third-order valence-electron chi connectivity index (χ3n) is 6.06. The predicted octanol–water partition coefficient (Wildman–Crippen LogP) is 3.00. The van der Waals surface area contributed by atoms with E-state index in [1.165, 1.54) is 11.4 Å². The molecule has 0 aromatic heterocycles. The summed E-state index contributed by atoms with van der Waals surface area (Å²) in [7, 11) is -2.14. The maximum Gasteiger partial charge on any atom is 0.313 e. The van der Waals surface area contributed by atoms with E-state index in [1.54, 1.807) is 30.3 Å². The van der Waals surface area contributed by atoms with Crippen LogP contribution in [-0.2, 0) is 19.6 Å². The van der Waals surface area contributed by atoms with Gasteiger partial charge < -0.3 is 15.4 Å². The van der Waals surface area contributed by atoms with Gasteiger partial charge in [0.05, 0.1) is 12.0 Å². The Morgan fingerprint density at radius 3 is 2.48 bits per heavy atom. The van der Waals surface area contributed by atoms with Crippen LogP contribution in [0.25, 0.3) is 0 Å². The van der Waals surface area contributed by atoms with Gasteiger partial charge in [-0.1, -0.05) is 18.6 Å². The average Bonchev–Trinajstić information content (AvgIpc) is 2.82. The van der Waals surface area contributed by atoms with Crippen molar-refractivity contribution in [2.45, 2.75) is 50.5 Å². The van der Waals surface area contributed by atoms with E-state index in [9.17, 15) is 18.0 Å². The molecule has 1 aliphatic heterocycles. The number of hydrogen-bond donors (Lipinski definition) is 2. The molecule has 1 aliphatic rings. The molecule has 2 N–H and O–H groups in total. The number of methoxy groups -OCH3 is 1. The highest BCUT2D eigenvalue weighted by Gasteiger charge is 2.33. The summed E-state index contributed by atoms with van der Waals surface area (Å²) in [5, 5.41) is 5.26. The molecule has 0 spiro atoms. The molecule has 0 unspecified atom stereocenters. The van der Waals surface area contributed by atoms with Gasteiger partial charge in [0.1, 0.15) is 5.75 Å². The van der Waals surface area contributed by atoms with Crippen molar-refractivity contribution in [2.75, 3.05) is 25.5 Å². The zero-order valence-electron chi connectivity index (χ0n) is 19.3. The summed E-state index contributed by atoms with van der Waals surface area (Å²) in [4.78, 5) is 24.8. The molecule has 0 radical (unpaired) electrons. The zero-order chi connectivity index (χ0) is 24.0. The lowest BCUT2D eigenvalue weighted by atomic mass is 10.0. The van der Waals surface area contributed by atoms with Gasteiger partial charge in [-0.3, -0.25) is 9.59 Å². The first-order chi connectivity index (χ1) is 15.7. The van der Waals surface area contributed by atoms with Crippen LogP contribution in [0.1, 0.15) is 36.8 Å². The van der Waals surface area contributed by atoms with Gasteiger partial charge in [-0.15, -0.1) is 0 Å². The van der Waals surface area contributed by atoms with Crippen molar-refractivity contribution in [2.24, 2.45) is 0 Å². The molecule has 8 nitrogen and oxygen atoms in total. The number of sulfonamides is 1. The standard InChI is InChI=1S/C24H31N3O5S/c1-17-7-6-9-22(18(17)2)26-24(29)23(28)25-15-14-19-8-4-5-16-27(19)33(30,31)21-12-10-20(32-3)11-13-21/h6-7,9-13,19H,4-5,8,14-16H2,1-3H3,(H,25,28)(H,26,29)/t19-/m0/s1. The van der Waals surface area contributed by atoms with Gasteiger partial charge >= 0.3 is 11.8 Å². The van der Waals surface area contributed by atoms with Gasteiger partial charge in [0.15, 0.2) is 0 Å². The number of ether oxygens (including phenoxy) is 1. The lowest BCUT2D eigenvalue weighted by molar-refractivity contribution is -0.136. The Bertz CT molecular complexity index is 1100. The molecule has 1 saturated heterocycles. The zero-order valence-corrected chi connectivity index (χ0v) is 20.1. The third kappa shape index (κ3) is 5.91. The largest absolute Gasteiger partial charge is 0.497 e. The molecule has 178 valence electrons. The van der Waals surface area contributed by atoms with Crippen molar-refractivity contribution in [1.29, 1.82) is 0 Å². The number of aryl methyl sites for hydroxylation is 1. The molecular weight excluding hydrogens is 442 g/mol. The first-order valence-electron chi connectivity index (χ1n) is 11.1. The van der Waals surface area contributed by atoms with Crippen LogP contribution in [-0.4, -0.2) is 50.8 Å². The summed E-state index contributed by atoms with van der Waals surface area (Å²) >= 11 is 0.